The Morgan fingerprint density at radius 1 is 1.03 bits per heavy atom. The highest BCUT2D eigenvalue weighted by Gasteiger charge is 2.31. The lowest BCUT2D eigenvalue weighted by atomic mass is 9.98. The molecule has 0 aliphatic heterocycles. The van der Waals surface area contributed by atoms with E-state index in [1.165, 1.54) is 6.33 Å². The number of aromatic amines is 1. The fourth-order valence-electron chi connectivity index (χ4n) is 4.43. The number of carbonyl (C=O) groups is 3. The van der Waals surface area contributed by atoms with Gasteiger partial charge in [0.25, 0.3) is 0 Å². The van der Waals surface area contributed by atoms with Crippen LogP contribution in [0.25, 0.3) is 11.1 Å². The van der Waals surface area contributed by atoms with Crippen LogP contribution in [0.1, 0.15) is 42.5 Å². The number of aliphatic carboxylic acids is 1. The highest BCUT2D eigenvalue weighted by atomic mass is 16.5. The summed E-state index contributed by atoms with van der Waals surface area (Å²) in [5.74, 6) is -1.84. The molecule has 9 nitrogen and oxygen atoms in total. The van der Waals surface area contributed by atoms with E-state index in [9.17, 15) is 19.5 Å². The van der Waals surface area contributed by atoms with Crippen molar-refractivity contribution < 1.29 is 24.2 Å². The van der Waals surface area contributed by atoms with E-state index in [-0.39, 0.29) is 25.4 Å². The molecule has 1 aromatic heterocycles. The zero-order valence-corrected chi connectivity index (χ0v) is 19.4. The van der Waals surface area contributed by atoms with Gasteiger partial charge in [0.2, 0.25) is 5.91 Å². The fraction of sp³-hybridized carbons (Fsp3) is 0.308. The molecule has 1 aliphatic carbocycles. The number of benzene rings is 2. The number of carboxylic acid groups (broad SMARTS) is 1. The second-order valence-corrected chi connectivity index (χ2v) is 8.49. The van der Waals surface area contributed by atoms with Gasteiger partial charge in [0, 0.05) is 24.2 Å². The lowest BCUT2D eigenvalue weighted by molar-refractivity contribution is -0.142. The zero-order chi connectivity index (χ0) is 24.8. The van der Waals surface area contributed by atoms with E-state index in [2.05, 4.69) is 20.6 Å². The van der Waals surface area contributed by atoms with Gasteiger partial charge in [-0.15, -0.1) is 0 Å². The number of carboxylic acids is 1. The number of amides is 2. The summed E-state index contributed by atoms with van der Waals surface area (Å²) in [5, 5.41) is 14.5. The molecule has 2 aromatic carbocycles. The summed E-state index contributed by atoms with van der Waals surface area (Å²) in [6.07, 6.45) is 3.23. The number of ether oxygens (including phenoxy) is 1. The van der Waals surface area contributed by atoms with E-state index < -0.39 is 30.1 Å². The number of rotatable bonds is 10. The smallest absolute Gasteiger partial charge is 0.407 e. The Balaban J connectivity index is 1.44. The van der Waals surface area contributed by atoms with Crippen LogP contribution in [0.5, 0.6) is 0 Å². The maximum absolute atomic E-state index is 12.9. The monoisotopic (exact) mass is 476 g/mol. The van der Waals surface area contributed by atoms with Crippen LogP contribution in [-0.4, -0.2) is 51.7 Å². The Morgan fingerprint density at radius 3 is 2.26 bits per heavy atom. The third-order valence-corrected chi connectivity index (χ3v) is 6.12. The lowest BCUT2D eigenvalue weighted by Crippen LogP contribution is -2.52. The summed E-state index contributed by atoms with van der Waals surface area (Å²) >= 11 is 0. The number of aromatic nitrogens is 2. The van der Waals surface area contributed by atoms with Gasteiger partial charge in [0.1, 0.15) is 18.7 Å². The molecule has 2 amide bonds. The van der Waals surface area contributed by atoms with Crippen LogP contribution in [0.15, 0.2) is 61.1 Å². The van der Waals surface area contributed by atoms with E-state index in [1.54, 1.807) is 6.20 Å². The molecular weight excluding hydrogens is 448 g/mol. The van der Waals surface area contributed by atoms with E-state index in [4.69, 9.17) is 4.74 Å². The Kier molecular flexibility index (Phi) is 7.45. The number of nitrogens with one attached hydrogen (secondary N) is 3. The molecule has 0 bridgehead atoms. The van der Waals surface area contributed by atoms with Gasteiger partial charge < -0.3 is 25.5 Å². The largest absolute Gasteiger partial charge is 0.480 e. The van der Waals surface area contributed by atoms with E-state index in [1.807, 2.05) is 55.5 Å². The summed E-state index contributed by atoms with van der Waals surface area (Å²) in [4.78, 5) is 44.0. The van der Waals surface area contributed by atoms with Crippen LogP contribution in [0, 0.1) is 0 Å². The first-order chi connectivity index (χ1) is 17.0. The second kappa shape index (κ2) is 10.9. The average Bonchev–Trinajstić information content (AvgIpc) is 3.48. The fourth-order valence-corrected chi connectivity index (χ4v) is 4.43. The molecule has 9 heteroatoms. The number of alkyl carbamates (subject to hydrolysis) is 1. The number of imidazole rings is 1. The molecule has 0 spiro atoms. The standard InChI is InChI=1S/C26H28N4O5/c1-2-7-22(25(32)33)29-24(31)23(12-16-13-27-15-28-16)30-26(34)35-14-21-19-10-5-3-8-17(19)18-9-4-6-11-20(18)21/h3-6,8-11,13,15,21-23H,2,7,12,14H2,1H3,(H,27,28)(H,29,31)(H,30,34)(H,32,33)/t22-,23+/m1/s1. The van der Waals surface area contributed by atoms with Crippen molar-refractivity contribution in [2.24, 2.45) is 0 Å². The molecule has 35 heavy (non-hydrogen) atoms. The molecular formula is C26H28N4O5. The van der Waals surface area contributed by atoms with Crippen LogP contribution in [0.3, 0.4) is 0 Å². The molecule has 3 aromatic rings. The van der Waals surface area contributed by atoms with Crippen molar-refractivity contribution in [3.63, 3.8) is 0 Å². The molecule has 4 rings (SSSR count). The maximum atomic E-state index is 12.9. The van der Waals surface area contributed by atoms with E-state index in [0.717, 1.165) is 22.3 Å². The number of hydrogen-bond acceptors (Lipinski definition) is 5. The predicted octanol–water partition coefficient (Wildman–Crippen LogP) is 3.23. The molecule has 182 valence electrons. The highest BCUT2D eigenvalue weighted by molar-refractivity contribution is 5.89. The van der Waals surface area contributed by atoms with Crippen LogP contribution in [0.2, 0.25) is 0 Å². The number of fused-ring (bicyclic) bond motifs is 3. The third-order valence-electron chi connectivity index (χ3n) is 6.12. The van der Waals surface area contributed by atoms with Crippen molar-refractivity contribution >= 4 is 18.0 Å². The maximum Gasteiger partial charge on any atom is 0.407 e. The third kappa shape index (κ3) is 5.51. The molecule has 4 N–H and O–H groups in total. The van der Waals surface area contributed by atoms with Crippen LogP contribution in [-0.2, 0) is 20.7 Å². The van der Waals surface area contributed by atoms with Gasteiger partial charge in [-0.25, -0.2) is 14.6 Å². The normalized spacial score (nSPS) is 13.9. The van der Waals surface area contributed by atoms with Crippen molar-refractivity contribution in [3.8, 4) is 11.1 Å². The second-order valence-electron chi connectivity index (χ2n) is 8.49. The van der Waals surface area contributed by atoms with E-state index >= 15 is 0 Å². The molecule has 2 atom stereocenters. The molecule has 0 unspecified atom stereocenters. The topological polar surface area (TPSA) is 133 Å². The molecule has 0 fully saturated rings. The summed E-state index contributed by atoms with van der Waals surface area (Å²) in [5.41, 5.74) is 5.01. The number of hydrogen-bond donors (Lipinski definition) is 4. The van der Waals surface area contributed by atoms with Gasteiger partial charge in [-0.05, 0) is 28.7 Å². The summed E-state index contributed by atoms with van der Waals surface area (Å²) < 4.78 is 5.57. The molecule has 1 aliphatic rings. The Hall–Kier alpha value is -4.14. The lowest BCUT2D eigenvalue weighted by Gasteiger charge is -2.21. The minimum atomic E-state index is -1.12. The van der Waals surface area contributed by atoms with Crippen molar-refractivity contribution in [3.05, 3.63) is 77.9 Å². The van der Waals surface area contributed by atoms with Crippen molar-refractivity contribution in [1.82, 2.24) is 20.6 Å². The van der Waals surface area contributed by atoms with Gasteiger partial charge in [-0.1, -0.05) is 61.9 Å². The zero-order valence-electron chi connectivity index (χ0n) is 19.4. The number of H-pyrrole nitrogens is 1. The van der Waals surface area contributed by atoms with Gasteiger partial charge >= 0.3 is 12.1 Å². The Bertz CT molecular complexity index is 1150. The minimum absolute atomic E-state index is 0.103. The van der Waals surface area contributed by atoms with Gasteiger partial charge in [-0.2, -0.15) is 0 Å². The SMILES string of the molecule is CCC[C@@H](NC(=O)[C@H](Cc1cnc[nH]1)NC(=O)OCC1c2ccccc2-c2ccccc21)C(=O)O. The summed E-state index contributed by atoms with van der Waals surface area (Å²) in [6.45, 7) is 1.94. The summed E-state index contributed by atoms with van der Waals surface area (Å²) in [6, 6.07) is 13.9. The van der Waals surface area contributed by atoms with Crippen molar-refractivity contribution in [2.45, 2.75) is 44.2 Å². The van der Waals surface area contributed by atoms with Gasteiger partial charge in [-0.3, -0.25) is 4.79 Å². The van der Waals surface area contributed by atoms with Gasteiger partial charge in [0.05, 0.1) is 6.33 Å². The van der Waals surface area contributed by atoms with Crippen LogP contribution in [0.4, 0.5) is 4.79 Å². The predicted molar refractivity (Wildman–Crippen MR) is 129 cm³/mol. The minimum Gasteiger partial charge on any atom is -0.480 e. The highest BCUT2D eigenvalue weighted by Crippen LogP contribution is 2.44. The molecule has 1 heterocycles. The van der Waals surface area contributed by atoms with E-state index in [0.29, 0.717) is 12.1 Å². The summed E-state index contributed by atoms with van der Waals surface area (Å²) in [7, 11) is 0. The molecule has 0 radical (unpaired) electrons. The first-order valence-corrected chi connectivity index (χ1v) is 11.6. The van der Waals surface area contributed by atoms with Crippen LogP contribution >= 0.6 is 0 Å². The average molecular weight is 477 g/mol. The molecule has 0 saturated carbocycles. The quantitative estimate of drug-likeness (QED) is 0.355. The van der Waals surface area contributed by atoms with Crippen molar-refractivity contribution in [1.29, 1.82) is 0 Å². The Morgan fingerprint density at radius 2 is 1.69 bits per heavy atom. The number of carbonyl (C=O) groups excluding carboxylic acids is 2. The molecule has 0 saturated heterocycles. The first-order valence-electron chi connectivity index (χ1n) is 11.6. The first kappa shape index (κ1) is 24.0. The number of nitrogens with zero attached hydrogens (tertiary/aromatic N) is 1. The van der Waals surface area contributed by atoms with Crippen LogP contribution < -0.4 is 10.6 Å². The Labute approximate surface area is 202 Å². The van der Waals surface area contributed by atoms with Crippen molar-refractivity contribution in [2.75, 3.05) is 6.61 Å². The van der Waals surface area contributed by atoms with Gasteiger partial charge in [0.15, 0.2) is 0 Å².